The zero-order valence-corrected chi connectivity index (χ0v) is 17.8. The predicted octanol–water partition coefficient (Wildman–Crippen LogP) is 1.80. The molecule has 3 rings (SSSR count). The Morgan fingerprint density at radius 3 is 2.48 bits per heavy atom. The molecule has 0 aliphatic carbocycles. The normalized spacial score (nSPS) is 15.7. The van der Waals surface area contributed by atoms with Crippen molar-refractivity contribution in [2.24, 2.45) is 0 Å². The zero-order valence-electron chi connectivity index (χ0n) is 17.0. The minimum absolute atomic E-state index is 0.0313. The van der Waals surface area contributed by atoms with E-state index in [1.165, 1.54) is 16.2 Å². The summed E-state index contributed by atoms with van der Waals surface area (Å²) in [5.41, 5.74) is 1.16. The first kappa shape index (κ1) is 21.5. The molecule has 156 valence electrons. The van der Waals surface area contributed by atoms with Gasteiger partial charge in [0.05, 0.1) is 31.7 Å². The maximum atomic E-state index is 12.4. The molecule has 7 heteroatoms. The van der Waals surface area contributed by atoms with Gasteiger partial charge in [-0.05, 0) is 43.3 Å². The van der Waals surface area contributed by atoms with E-state index in [2.05, 4.69) is 17.4 Å². The fourth-order valence-electron chi connectivity index (χ4n) is 3.56. The number of methoxy groups -OCH3 is 1. The number of benzene rings is 1. The largest absolute Gasteiger partial charge is 0.497 e. The third-order valence-corrected chi connectivity index (χ3v) is 6.29. The van der Waals surface area contributed by atoms with Gasteiger partial charge in [0.2, 0.25) is 5.91 Å². The van der Waals surface area contributed by atoms with Crippen molar-refractivity contribution in [1.29, 1.82) is 0 Å². The van der Waals surface area contributed by atoms with Crippen LogP contribution in [0, 0.1) is 6.92 Å². The number of morpholine rings is 1. The first-order valence-corrected chi connectivity index (χ1v) is 10.8. The smallest absolute Gasteiger partial charge is 0.220 e. The molecule has 29 heavy (non-hydrogen) atoms. The summed E-state index contributed by atoms with van der Waals surface area (Å²) in [5.74, 6) is 0.761. The monoisotopic (exact) mass is 417 g/mol. The van der Waals surface area contributed by atoms with Crippen molar-refractivity contribution < 1.29 is 24.0 Å². The SMILES string of the molecule is COc1ccc([C@@H](CNC(=O)CCC(=O)c2ccc(C)s2)[NH+]2CCOCC2)cc1. The van der Waals surface area contributed by atoms with Crippen LogP contribution < -0.4 is 15.0 Å². The number of Topliss-reactive ketones (excluding diaryl/α,β-unsaturated/α-hetero) is 1. The van der Waals surface area contributed by atoms with Gasteiger partial charge in [-0.25, -0.2) is 0 Å². The molecule has 1 aliphatic rings. The van der Waals surface area contributed by atoms with Crippen molar-refractivity contribution >= 4 is 23.0 Å². The highest BCUT2D eigenvalue weighted by molar-refractivity contribution is 7.14. The summed E-state index contributed by atoms with van der Waals surface area (Å²) in [6, 6.07) is 11.9. The van der Waals surface area contributed by atoms with E-state index >= 15 is 0 Å². The second kappa shape index (κ2) is 10.5. The maximum absolute atomic E-state index is 12.4. The Balaban J connectivity index is 1.56. The Labute approximate surface area is 175 Å². The van der Waals surface area contributed by atoms with Crippen LogP contribution in [0.25, 0.3) is 0 Å². The number of amides is 1. The lowest BCUT2D eigenvalue weighted by atomic mass is 10.0. The summed E-state index contributed by atoms with van der Waals surface area (Å²) < 4.78 is 10.7. The number of hydrogen-bond acceptors (Lipinski definition) is 5. The number of nitrogens with one attached hydrogen (secondary N) is 2. The average molecular weight is 418 g/mol. The summed E-state index contributed by atoms with van der Waals surface area (Å²) in [6.07, 6.45) is 0.451. The zero-order chi connectivity index (χ0) is 20.6. The van der Waals surface area contributed by atoms with Crippen LogP contribution in [-0.4, -0.2) is 51.6 Å². The molecule has 6 nitrogen and oxygen atoms in total. The first-order valence-electron chi connectivity index (χ1n) is 9.99. The van der Waals surface area contributed by atoms with Crippen LogP contribution in [0.4, 0.5) is 0 Å². The van der Waals surface area contributed by atoms with Crippen LogP contribution in [-0.2, 0) is 9.53 Å². The minimum Gasteiger partial charge on any atom is -0.497 e. The maximum Gasteiger partial charge on any atom is 0.220 e. The van der Waals surface area contributed by atoms with E-state index in [9.17, 15) is 9.59 Å². The number of thiophene rings is 1. The Morgan fingerprint density at radius 1 is 1.14 bits per heavy atom. The molecule has 0 spiro atoms. The van der Waals surface area contributed by atoms with Gasteiger partial charge in [-0.3, -0.25) is 9.59 Å². The standard InChI is InChI=1S/C22H28N2O4S/c1-16-3-9-21(29-16)20(25)8-10-22(26)23-15-19(24-11-13-28-14-12-24)17-4-6-18(27-2)7-5-17/h3-7,9,19H,8,10-15H2,1-2H3,(H,23,26)/p+1/t19-/m1/s1. The third kappa shape index (κ3) is 6.13. The van der Waals surface area contributed by atoms with Crippen LogP contribution in [0.15, 0.2) is 36.4 Å². The molecular weight excluding hydrogens is 388 g/mol. The second-order valence-corrected chi connectivity index (χ2v) is 8.52. The lowest BCUT2D eigenvalue weighted by Crippen LogP contribution is -3.15. The number of carbonyl (C=O) groups is 2. The number of quaternary nitrogens is 1. The first-order chi connectivity index (χ1) is 14.1. The van der Waals surface area contributed by atoms with E-state index in [0.717, 1.165) is 47.4 Å². The molecule has 2 heterocycles. The lowest BCUT2D eigenvalue weighted by Gasteiger charge is -2.32. The number of aryl methyl sites for hydroxylation is 1. The molecule has 1 aromatic heterocycles. The minimum atomic E-state index is -0.0854. The van der Waals surface area contributed by atoms with Gasteiger partial charge >= 0.3 is 0 Å². The van der Waals surface area contributed by atoms with Crippen LogP contribution >= 0.6 is 11.3 Å². The fourth-order valence-corrected chi connectivity index (χ4v) is 4.39. The molecule has 1 amide bonds. The molecule has 1 fully saturated rings. The summed E-state index contributed by atoms with van der Waals surface area (Å²) in [7, 11) is 1.65. The molecular formula is C22H29N2O4S+. The second-order valence-electron chi connectivity index (χ2n) is 7.23. The van der Waals surface area contributed by atoms with Crippen molar-refractivity contribution in [3.05, 3.63) is 51.7 Å². The summed E-state index contributed by atoms with van der Waals surface area (Å²) in [6.45, 7) is 5.77. The number of hydrogen-bond donors (Lipinski definition) is 2. The van der Waals surface area contributed by atoms with Crippen molar-refractivity contribution in [2.45, 2.75) is 25.8 Å². The van der Waals surface area contributed by atoms with Crippen LogP contribution in [0.3, 0.4) is 0 Å². The third-order valence-electron chi connectivity index (χ3n) is 5.24. The van der Waals surface area contributed by atoms with Gasteiger partial charge in [-0.1, -0.05) is 0 Å². The van der Waals surface area contributed by atoms with Gasteiger partial charge in [0.1, 0.15) is 24.9 Å². The highest BCUT2D eigenvalue weighted by Gasteiger charge is 2.27. The quantitative estimate of drug-likeness (QED) is 0.611. The van der Waals surface area contributed by atoms with Gasteiger partial charge in [0.15, 0.2) is 5.78 Å². The molecule has 1 atom stereocenters. The molecule has 1 aliphatic heterocycles. The van der Waals surface area contributed by atoms with Crippen molar-refractivity contribution in [2.75, 3.05) is 40.0 Å². The number of rotatable bonds is 9. The fraction of sp³-hybridized carbons (Fsp3) is 0.455. The van der Waals surface area contributed by atoms with E-state index in [0.29, 0.717) is 6.54 Å². The molecule has 1 saturated heterocycles. The van der Waals surface area contributed by atoms with Gasteiger partial charge in [0, 0.05) is 23.3 Å². The van der Waals surface area contributed by atoms with Gasteiger partial charge in [-0.15, -0.1) is 11.3 Å². The number of ether oxygens (including phenoxy) is 2. The van der Waals surface area contributed by atoms with Crippen molar-refractivity contribution in [3.8, 4) is 5.75 Å². The topological polar surface area (TPSA) is 69.1 Å². The summed E-state index contributed by atoms with van der Waals surface area (Å²) in [4.78, 5) is 27.8. The highest BCUT2D eigenvalue weighted by atomic mass is 32.1. The summed E-state index contributed by atoms with van der Waals surface area (Å²) in [5, 5.41) is 3.04. The molecule has 2 N–H and O–H groups in total. The molecule has 1 aromatic carbocycles. The predicted molar refractivity (Wildman–Crippen MR) is 113 cm³/mol. The Bertz CT molecular complexity index is 812. The Hall–Kier alpha value is -2.22. The highest BCUT2D eigenvalue weighted by Crippen LogP contribution is 2.18. The Kier molecular flexibility index (Phi) is 7.80. The molecule has 0 radical (unpaired) electrons. The van der Waals surface area contributed by atoms with E-state index in [1.807, 2.05) is 31.2 Å². The lowest BCUT2D eigenvalue weighted by molar-refractivity contribution is -0.937. The summed E-state index contributed by atoms with van der Waals surface area (Å²) >= 11 is 1.48. The van der Waals surface area contributed by atoms with Crippen LogP contribution in [0.5, 0.6) is 5.75 Å². The van der Waals surface area contributed by atoms with E-state index in [4.69, 9.17) is 9.47 Å². The molecule has 0 unspecified atom stereocenters. The average Bonchev–Trinajstić information content (AvgIpc) is 3.20. The van der Waals surface area contributed by atoms with Crippen LogP contribution in [0.2, 0.25) is 0 Å². The molecule has 0 bridgehead atoms. The number of carbonyl (C=O) groups excluding carboxylic acids is 2. The molecule has 0 saturated carbocycles. The van der Waals surface area contributed by atoms with E-state index in [-0.39, 0.29) is 30.6 Å². The van der Waals surface area contributed by atoms with E-state index in [1.54, 1.807) is 7.11 Å². The van der Waals surface area contributed by atoms with Crippen molar-refractivity contribution in [3.63, 3.8) is 0 Å². The van der Waals surface area contributed by atoms with E-state index < -0.39 is 0 Å². The van der Waals surface area contributed by atoms with Gasteiger partial charge in [0.25, 0.3) is 0 Å². The van der Waals surface area contributed by atoms with Gasteiger partial charge in [-0.2, -0.15) is 0 Å². The Morgan fingerprint density at radius 2 is 1.86 bits per heavy atom. The van der Waals surface area contributed by atoms with Gasteiger partial charge < -0.3 is 19.7 Å². The number of ketones is 1. The van der Waals surface area contributed by atoms with Crippen LogP contribution in [0.1, 0.15) is 39.0 Å². The molecule has 2 aromatic rings. The van der Waals surface area contributed by atoms with Crippen molar-refractivity contribution in [1.82, 2.24) is 5.32 Å².